The van der Waals surface area contributed by atoms with Crippen LogP contribution >= 0.6 is 0 Å². The highest BCUT2D eigenvalue weighted by atomic mass is 16.5. The number of carbonyl (C=O) groups excluding carboxylic acids is 1. The molecule has 0 N–H and O–H groups in total. The van der Waals surface area contributed by atoms with Crippen LogP contribution in [0.25, 0.3) is 0 Å². The summed E-state index contributed by atoms with van der Waals surface area (Å²) in [5, 5.41) is 0. The van der Waals surface area contributed by atoms with Crippen LogP contribution < -0.4 is 14.2 Å². The highest BCUT2D eigenvalue weighted by molar-refractivity contribution is 6.02. The Labute approximate surface area is 176 Å². The molecule has 30 heavy (non-hydrogen) atoms. The quantitative estimate of drug-likeness (QED) is 0.545. The first-order valence-corrected chi connectivity index (χ1v) is 10.2. The lowest BCUT2D eigenvalue weighted by molar-refractivity contribution is 0.0332. The van der Waals surface area contributed by atoms with Crippen LogP contribution in [-0.2, 0) is 5.60 Å². The van der Waals surface area contributed by atoms with Crippen molar-refractivity contribution in [1.29, 1.82) is 0 Å². The second-order valence-corrected chi connectivity index (χ2v) is 8.18. The van der Waals surface area contributed by atoms with Crippen LogP contribution in [0.3, 0.4) is 0 Å². The number of Topliss-reactive ketones (excluding diaryl/α,β-unsaturated/α-hetero) is 1. The maximum absolute atomic E-state index is 13.8. The van der Waals surface area contributed by atoms with E-state index in [1.807, 2.05) is 60.7 Å². The van der Waals surface area contributed by atoms with E-state index in [9.17, 15) is 4.79 Å². The van der Waals surface area contributed by atoms with Crippen LogP contribution in [0.1, 0.15) is 52.2 Å². The summed E-state index contributed by atoms with van der Waals surface area (Å²) in [7, 11) is 3.25. The lowest BCUT2D eigenvalue weighted by atomic mass is 9.63. The van der Waals surface area contributed by atoms with E-state index < -0.39 is 5.60 Å². The number of ether oxygens (including phenoxy) is 3. The van der Waals surface area contributed by atoms with Crippen molar-refractivity contribution in [2.45, 2.75) is 30.8 Å². The van der Waals surface area contributed by atoms with Crippen LogP contribution in [0.15, 0.2) is 66.7 Å². The van der Waals surface area contributed by atoms with Gasteiger partial charge < -0.3 is 14.2 Å². The molecule has 4 heteroatoms. The third-order valence-corrected chi connectivity index (χ3v) is 6.47. The monoisotopic (exact) mass is 400 g/mol. The molecule has 3 aromatic rings. The van der Waals surface area contributed by atoms with Gasteiger partial charge in [0.25, 0.3) is 0 Å². The summed E-state index contributed by atoms with van der Waals surface area (Å²) in [6.07, 6.45) is 0.732. The van der Waals surface area contributed by atoms with Gasteiger partial charge in [-0.05, 0) is 42.7 Å². The van der Waals surface area contributed by atoms with Crippen molar-refractivity contribution in [2.75, 3.05) is 14.2 Å². The SMILES string of the molecule is COc1cc2c(cc1OC)[C@]1(C)C[C@@H](c3ccccc3O1)[C@@H]2C(=O)c1ccccc1. The normalized spacial score (nSPS) is 23.6. The van der Waals surface area contributed by atoms with Gasteiger partial charge in [0.15, 0.2) is 17.3 Å². The molecule has 2 aliphatic rings. The number of hydrogen-bond acceptors (Lipinski definition) is 4. The zero-order chi connectivity index (χ0) is 20.9. The van der Waals surface area contributed by atoms with E-state index in [0.29, 0.717) is 11.5 Å². The number of fused-ring (bicyclic) bond motifs is 6. The standard InChI is InChI=1S/C26H24O4/c1-26-15-19(17-11-7-8-12-21(17)30-26)24(25(27)16-9-5-4-6-10-16)18-13-22(28-2)23(29-3)14-20(18)26/h4-14,19,24H,15H2,1-3H3/t19-,24+,26-/m0/s1. The summed E-state index contributed by atoms with van der Waals surface area (Å²) in [6, 6.07) is 21.5. The maximum Gasteiger partial charge on any atom is 0.170 e. The summed E-state index contributed by atoms with van der Waals surface area (Å²) in [5.41, 5.74) is 3.21. The van der Waals surface area contributed by atoms with E-state index in [1.165, 1.54) is 0 Å². The molecule has 1 aliphatic carbocycles. The van der Waals surface area contributed by atoms with E-state index in [0.717, 1.165) is 34.4 Å². The molecular formula is C26H24O4. The highest BCUT2D eigenvalue weighted by Gasteiger charge is 2.51. The van der Waals surface area contributed by atoms with Crippen molar-refractivity contribution < 1.29 is 19.0 Å². The Morgan fingerprint density at radius 3 is 2.33 bits per heavy atom. The number of para-hydroxylation sites is 1. The molecule has 0 aromatic heterocycles. The second-order valence-electron chi connectivity index (χ2n) is 8.18. The van der Waals surface area contributed by atoms with Crippen molar-refractivity contribution in [3.05, 3.63) is 89.0 Å². The summed E-state index contributed by atoms with van der Waals surface area (Å²) >= 11 is 0. The van der Waals surface area contributed by atoms with E-state index in [-0.39, 0.29) is 17.6 Å². The number of benzene rings is 3. The average molecular weight is 400 g/mol. The summed E-state index contributed by atoms with van der Waals surface area (Å²) < 4.78 is 17.7. The minimum absolute atomic E-state index is 0.0262. The van der Waals surface area contributed by atoms with E-state index in [4.69, 9.17) is 14.2 Å². The van der Waals surface area contributed by atoms with Crippen molar-refractivity contribution in [1.82, 2.24) is 0 Å². The van der Waals surface area contributed by atoms with Crippen LogP contribution in [-0.4, -0.2) is 20.0 Å². The van der Waals surface area contributed by atoms with Gasteiger partial charge >= 0.3 is 0 Å². The number of carbonyl (C=O) groups is 1. The Hall–Kier alpha value is -3.27. The number of methoxy groups -OCH3 is 2. The molecule has 3 aromatic carbocycles. The molecule has 0 amide bonds. The molecule has 0 unspecified atom stereocenters. The van der Waals surface area contributed by atoms with Crippen molar-refractivity contribution in [3.8, 4) is 17.2 Å². The highest BCUT2D eigenvalue weighted by Crippen LogP contribution is 2.58. The maximum atomic E-state index is 13.8. The fourth-order valence-corrected chi connectivity index (χ4v) is 5.09. The van der Waals surface area contributed by atoms with Gasteiger partial charge in [0.2, 0.25) is 0 Å². The average Bonchev–Trinajstić information content (AvgIpc) is 2.78. The zero-order valence-electron chi connectivity index (χ0n) is 17.3. The number of ketones is 1. The fraction of sp³-hybridized carbons (Fsp3) is 0.269. The first kappa shape index (κ1) is 18.7. The molecule has 0 fully saturated rings. The zero-order valence-corrected chi connectivity index (χ0v) is 17.3. The van der Waals surface area contributed by atoms with Gasteiger partial charge in [0, 0.05) is 17.0 Å². The molecular weight excluding hydrogens is 376 g/mol. The Balaban J connectivity index is 1.77. The smallest absolute Gasteiger partial charge is 0.170 e. The van der Waals surface area contributed by atoms with Gasteiger partial charge in [-0.15, -0.1) is 0 Å². The molecule has 0 saturated carbocycles. The molecule has 0 saturated heterocycles. The van der Waals surface area contributed by atoms with E-state index >= 15 is 0 Å². The van der Waals surface area contributed by atoms with E-state index in [2.05, 4.69) is 13.0 Å². The topological polar surface area (TPSA) is 44.8 Å². The van der Waals surface area contributed by atoms with Gasteiger partial charge in [-0.25, -0.2) is 0 Å². The van der Waals surface area contributed by atoms with E-state index in [1.54, 1.807) is 14.2 Å². The summed E-state index contributed by atoms with van der Waals surface area (Å²) in [4.78, 5) is 13.8. The predicted molar refractivity (Wildman–Crippen MR) is 115 cm³/mol. The van der Waals surface area contributed by atoms with Crippen LogP contribution in [0.5, 0.6) is 17.2 Å². The molecule has 1 aliphatic heterocycles. The minimum atomic E-state index is -0.540. The predicted octanol–water partition coefficient (Wildman–Crippen LogP) is 5.47. The molecule has 0 spiro atoms. The molecule has 152 valence electrons. The van der Waals surface area contributed by atoms with Gasteiger partial charge in [-0.1, -0.05) is 48.5 Å². The Morgan fingerprint density at radius 2 is 1.60 bits per heavy atom. The largest absolute Gasteiger partial charge is 0.493 e. The van der Waals surface area contributed by atoms with Crippen molar-refractivity contribution in [3.63, 3.8) is 0 Å². The van der Waals surface area contributed by atoms with Gasteiger partial charge in [0.05, 0.1) is 20.1 Å². The molecule has 4 nitrogen and oxygen atoms in total. The molecule has 0 radical (unpaired) electrons. The van der Waals surface area contributed by atoms with Crippen LogP contribution in [0, 0.1) is 0 Å². The summed E-state index contributed by atoms with van der Waals surface area (Å²) in [5.74, 6) is 1.94. The lowest BCUT2D eigenvalue weighted by Gasteiger charge is -2.48. The van der Waals surface area contributed by atoms with Crippen LogP contribution in [0.4, 0.5) is 0 Å². The minimum Gasteiger partial charge on any atom is -0.493 e. The van der Waals surface area contributed by atoms with Gasteiger partial charge in [0.1, 0.15) is 11.4 Å². The number of hydrogen-bond donors (Lipinski definition) is 0. The fourth-order valence-electron chi connectivity index (χ4n) is 5.09. The molecule has 3 atom stereocenters. The van der Waals surface area contributed by atoms with Crippen LogP contribution in [0.2, 0.25) is 0 Å². The summed E-state index contributed by atoms with van der Waals surface area (Å²) in [6.45, 7) is 2.10. The Bertz CT molecular complexity index is 1120. The van der Waals surface area contributed by atoms with Gasteiger partial charge in [-0.3, -0.25) is 4.79 Å². The molecule has 2 bridgehead atoms. The third kappa shape index (κ3) is 2.71. The lowest BCUT2D eigenvalue weighted by Crippen LogP contribution is -2.44. The first-order chi connectivity index (χ1) is 14.6. The van der Waals surface area contributed by atoms with Crippen molar-refractivity contribution in [2.24, 2.45) is 0 Å². The molecule has 1 heterocycles. The number of rotatable bonds is 4. The Kier molecular flexibility index (Phi) is 4.31. The first-order valence-electron chi connectivity index (χ1n) is 10.2. The Morgan fingerprint density at radius 1 is 0.933 bits per heavy atom. The second kappa shape index (κ2) is 6.91. The third-order valence-electron chi connectivity index (χ3n) is 6.47. The van der Waals surface area contributed by atoms with Crippen molar-refractivity contribution >= 4 is 5.78 Å². The molecule has 5 rings (SSSR count). The van der Waals surface area contributed by atoms with Gasteiger partial charge in [-0.2, -0.15) is 0 Å².